The number of aromatic nitrogens is 1. The van der Waals surface area contributed by atoms with Gasteiger partial charge in [-0.15, -0.1) is 11.6 Å². The van der Waals surface area contributed by atoms with Crippen molar-refractivity contribution in [2.24, 2.45) is 5.92 Å². The maximum absolute atomic E-state index is 11.9. The number of alkyl halides is 1. The van der Waals surface area contributed by atoms with Gasteiger partial charge in [0.1, 0.15) is 5.75 Å². The predicted octanol–water partition coefficient (Wildman–Crippen LogP) is 2.92. The van der Waals surface area contributed by atoms with E-state index in [1.165, 1.54) is 11.3 Å². The lowest BCUT2D eigenvalue weighted by Gasteiger charge is -2.08. The third kappa shape index (κ3) is 3.74. The van der Waals surface area contributed by atoms with Gasteiger partial charge in [-0.05, 0) is 24.1 Å². The Labute approximate surface area is 127 Å². The summed E-state index contributed by atoms with van der Waals surface area (Å²) in [7, 11) is -1.84. The van der Waals surface area contributed by atoms with E-state index in [0.717, 1.165) is 10.2 Å². The van der Waals surface area contributed by atoms with Crippen molar-refractivity contribution in [1.29, 1.82) is 0 Å². The number of benzene rings is 1. The van der Waals surface area contributed by atoms with Crippen LogP contribution in [-0.2, 0) is 10.0 Å². The molecule has 2 rings (SSSR count). The molecule has 0 saturated heterocycles. The number of hydrogen-bond acceptors (Lipinski definition) is 5. The summed E-state index contributed by atoms with van der Waals surface area (Å²) in [4.78, 5) is 4.25. The number of ether oxygens (including phenoxy) is 1. The standard InChI is InChI=1S/C12H15ClN2O3S2/c1-8(6-13)7-20(16,17)15-12-14-10-4-3-9(18-2)5-11(10)19-12/h3-5,8H,6-7H2,1-2H3,(H,14,15). The van der Waals surface area contributed by atoms with Gasteiger partial charge in [0.05, 0.1) is 23.1 Å². The normalized spacial score (nSPS) is 13.3. The second-order valence-corrected chi connectivity index (χ2v) is 7.60. The van der Waals surface area contributed by atoms with Crippen molar-refractivity contribution in [1.82, 2.24) is 4.98 Å². The molecular weight excluding hydrogens is 320 g/mol. The molecule has 5 nitrogen and oxygen atoms in total. The van der Waals surface area contributed by atoms with E-state index in [1.54, 1.807) is 26.2 Å². The van der Waals surface area contributed by atoms with E-state index in [2.05, 4.69) is 9.71 Å². The van der Waals surface area contributed by atoms with Crippen molar-refractivity contribution in [3.05, 3.63) is 18.2 Å². The summed E-state index contributed by atoms with van der Waals surface area (Å²) in [6.45, 7) is 1.79. The molecule has 1 aromatic carbocycles. The molecular formula is C12H15ClN2O3S2. The monoisotopic (exact) mass is 334 g/mol. The number of nitrogens with one attached hydrogen (secondary N) is 1. The maximum Gasteiger partial charge on any atom is 0.234 e. The fourth-order valence-corrected chi connectivity index (χ4v) is 4.46. The number of rotatable bonds is 6. The highest BCUT2D eigenvalue weighted by Crippen LogP contribution is 2.29. The largest absolute Gasteiger partial charge is 0.497 e. The van der Waals surface area contributed by atoms with Crippen molar-refractivity contribution in [3.63, 3.8) is 0 Å². The average Bonchev–Trinajstić information content (AvgIpc) is 2.77. The van der Waals surface area contributed by atoms with Gasteiger partial charge in [0.2, 0.25) is 10.0 Å². The number of halogens is 1. The molecule has 1 atom stereocenters. The molecule has 0 aliphatic rings. The Morgan fingerprint density at radius 3 is 2.90 bits per heavy atom. The van der Waals surface area contributed by atoms with Gasteiger partial charge in [0.15, 0.2) is 5.13 Å². The molecule has 20 heavy (non-hydrogen) atoms. The van der Waals surface area contributed by atoms with Gasteiger partial charge < -0.3 is 4.74 Å². The smallest absolute Gasteiger partial charge is 0.234 e. The van der Waals surface area contributed by atoms with Crippen LogP contribution >= 0.6 is 22.9 Å². The zero-order chi connectivity index (χ0) is 14.8. The fourth-order valence-electron chi connectivity index (χ4n) is 1.67. The Bertz CT molecular complexity index is 700. The summed E-state index contributed by atoms with van der Waals surface area (Å²) in [5, 5.41) is 0.357. The lowest BCUT2D eigenvalue weighted by molar-refractivity contribution is 0.415. The Morgan fingerprint density at radius 1 is 1.50 bits per heavy atom. The summed E-state index contributed by atoms with van der Waals surface area (Å²) in [5.74, 6) is 0.892. The van der Waals surface area contributed by atoms with E-state index in [-0.39, 0.29) is 11.7 Å². The molecule has 0 radical (unpaired) electrons. The number of fused-ring (bicyclic) bond motifs is 1. The number of thiazole rings is 1. The van der Waals surface area contributed by atoms with E-state index >= 15 is 0 Å². The molecule has 0 amide bonds. The minimum Gasteiger partial charge on any atom is -0.497 e. The van der Waals surface area contributed by atoms with Gasteiger partial charge in [0, 0.05) is 5.88 Å². The summed E-state index contributed by atoms with van der Waals surface area (Å²) in [6, 6.07) is 5.41. The average molecular weight is 335 g/mol. The summed E-state index contributed by atoms with van der Waals surface area (Å²) in [5.41, 5.74) is 0.735. The molecule has 0 fully saturated rings. The van der Waals surface area contributed by atoms with Crippen molar-refractivity contribution in [2.75, 3.05) is 23.5 Å². The molecule has 0 bridgehead atoms. The maximum atomic E-state index is 11.9. The van der Waals surface area contributed by atoms with E-state index < -0.39 is 10.0 Å². The Morgan fingerprint density at radius 2 is 2.25 bits per heavy atom. The molecule has 1 aromatic heterocycles. The molecule has 110 valence electrons. The van der Waals surface area contributed by atoms with Crippen LogP contribution in [0.1, 0.15) is 6.92 Å². The van der Waals surface area contributed by atoms with Crippen LogP contribution in [0.2, 0.25) is 0 Å². The third-order valence-electron chi connectivity index (χ3n) is 2.61. The molecule has 0 saturated carbocycles. The first-order chi connectivity index (χ1) is 9.43. The van der Waals surface area contributed by atoms with Gasteiger partial charge in [-0.1, -0.05) is 18.3 Å². The van der Waals surface area contributed by atoms with Gasteiger partial charge >= 0.3 is 0 Å². The number of methoxy groups -OCH3 is 1. The highest BCUT2D eigenvalue weighted by Gasteiger charge is 2.17. The molecule has 0 spiro atoms. The number of anilines is 1. The van der Waals surface area contributed by atoms with Crippen LogP contribution in [0.5, 0.6) is 5.75 Å². The third-order valence-corrected chi connectivity index (χ3v) is 5.71. The van der Waals surface area contributed by atoms with Crippen molar-refractivity contribution >= 4 is 48.3 Å². The Kier molecular flexibility index (Phi) is 4.72. The predicted molar refractivity (Wildman–Crippen MR) is 83.5 cm³/mol. The second kappa shape index (κ2) is 6.15. The minimum absolute atomic E-state index is 0.0181. The molecule has 1 heterocycles. The first-order valence-corrected chi connectivity index (χ1v) is 8.95. The highest BCUT2D eigenvalue weighted by atomic mass is 35.5. The molecule has 1 N–H and O–H groups in total. The van der Waals surface area contributed by atoms with Crippen LogP contribution in [0.3, 0.4) is 0 Å². The lowest BCUT2D eigenvalue weighted by atomic mass is 10.3. The number of sulfonamides is 1. The van der Waals surface area contributed by atoms with E-state index in [0.29, 0.717) is 16.8 Å². The number of hydrogen-bond donors (Lipinski definition) is 1. The summed E-state index contributed by atoms with van der Waals surface area (Å²) < 4.78 is 32.4. The van der Waals surface area contributed by atoms with Gasteiger partial charge in [-0.3, -0.25) is 4.72 Å². The molecule has 2 aromatic rings. The van der Waals surface area contributed by atoms with Crippen LogP contribution in [0, 0.1) is 5.92 Å². The van der Waals surface area contributed by atoms with Crippen molar-refractivity contribution < 1.29 is 13.2 Å². The molecule has 8 heteroatoms. The highest BCUT2D eigenvalue weighted by molar-refractivity contribution is 7.92. The summed E-state index contributed by atoms with van der Waals surface area (Å²) in [6.07, 6.45) is 0. The molecule has 0 aliphatic heterocycles. The van der Waals surface area contributed by atoms with Crippen LogP contribution < -0.4 is 9.46 Å². The lowest BCUT2D eigenvalue weighted by Crippen LogP contribution is -2.21. The van der Waals surface area contributed by atoms with Crippen LogP contribution in [0.15, 0.2) is 18.2 Å². The minimum atomic E-state index is -3.43. The van der Waals surface area contributed by atoms with Gasteiger partial charge in [0.25, 0.3) is 0 Å². The first-order valence-electron chi connectivity index (χ1n) is 5.94. The quantitative estimate of drug-likeness (QED) is 0.825. The van der Waals surface area contributed by atoms with E-state index in [1.807, 2.05) is 6.07 Å². The SMILES string of the molecule is COc1ccc2nc(NS(=O)(=O)CC(C)CCl)sc2c1. The topological polar surface area (TPSA) is 68.3 Å². The van der Waals surface area contributed by atoms with Crippen LogP contribution in [0.4, 0.5) is 5.13 Å². The zero-order valence-electron chi connectivity index (χ0n) is 11.1. The van der Waals surface area contributed by atoms with Gasteiger partial charge in [-0.25, -0.2) is 13.4 Å². The first kappa shape index (κ1) is 15.3. The van der Waals surface area contributed by atoms with Crippen LogP contribution in [0.25, 0.3) is 10.2 Å². The second-order valence-electron chi connectivity index (χ2n) is 4.50. The fraction of sp³-hybridized carbons (Fsp3) is 0.417. The van der Waals surface area contributed by atoms with Crippen molar-refractivity contribution in [2.45, 2.75) is 6.92 Å². The van der Waals surface area contributed by atoms with E-state index in [9.17, 15) is 8.42 Å². The van der Waals surface area contributed by atoms with Crippen molar-refractivity contribution in [3.8, 4) is 5.75 Å². The molecule has 0 aliphatic carbocycles. The Hall–Kier alpha value is -1.05. The molecule has 1 unspecified atom stereocenters. The summed E-state index contributed by atoms with van der Waals surface area (Å²) >= 11 is 6.91. The zero-order valence-corrected chi connectivity index (χ0v) is 13.5. The number of nitrogens with zero attached hydrogens (tertiary/aromatic N) is 1. The van der Waals surface area contributed by atoms with Gasteiger partial charge in [-0.2, -0.15) is 0 Å². The van der Waals surface area contributed by atoms with Crippen LogP contribution in [-0.4, -0.2) is 32.1 Å². The van der Waals surface area contributed by atoms with E-state index in [4.69, 9.17) is 16.3 Å². The Balaban J connectivity index is 2.21.